The molecule has 0 aromatic heterocycles. The number of carbonyl (C=O) groups is 1. The highest BCUT2D eigenvalue weighted by atomic mass is 16.5. The molecule has 1 aliphatic rings. The molecule has 0 aromatic carbocycles. The van der Waals surface area contributed by atoms with Crippen LogP contribution in [-0.2, 0) is 9.53 Å². The van der Waals surface area contributed by atoms with Crippen molar-refractivity contribution in [3.05, 3.63) is 6.42 Å². The highest BCUT2D eigenvalue weighted by Gasteiger charge is 2.20. The van der Waals surface area contributed by atoms with Crippen molar-refractivity contribution in [1.29, 1.82) is 0 Å². The summed E-state index contributed by atoms with van der Waals surface area (Å²) < 4.78 is 4.93. The normalized spacial score (nSPS) is 22.8. The van der Waals surface area contributed by atoms with E-state index in [0.29, 0.717) is 12.3 Å². The maximum atomic E-state index is 10.8. The zero-order valence-corrected chi connectivity index (χ0v) is 7.51. The van der Waals surface area contributed by atoms with Gasteiger partial charge in [-0.15, -0.1) is 0 Å². The first-order valence-electron chi connectivity index (χ1n) is 4.42. The molecular formula is C9H16NO2. The van der Waals surface area contributed by atoms with Gasteiger partial charge in [-0.3, -0.25) is 4.79 Å². The van der Waals surface area contributed by atoms with Crippen molar-refractivity contribution < 1.29 is 9.53 Å². The Morgan fingerprint density at radius 2 is 2.58 bits per heavy atom. The lowest BCUT2D eigenvalue weighted by atomic mass is 10.0. The summed E-state index contributed by atoms with van der Waals surface area (Å²) in [7, 11) is 1.71. The number of carbonyl (C=O) groups excluding carboxylic acids is 1. The average Bonchev–Trinajstić information content (AvgIpc) is 2.45. The summed E-state index contributed by atoms with van der Waals surface area (Å²) in [6.45, 7) is 1.64. The monoisotopic (exact) mass is 170 g/mol. The van der Waals surface area contributed by atoms with Gasteiger partial charge in [-0.1, -0.05) is 0 Å². The molecule has 1 fully saturated rings. The number of hydrogen-bond acceptors (Lipinski definition) is 2. The first kappa shape index (κ1) is 9.52. The van der Waals surface area contributed by atoms with Crippen LogP contribution in [0.5, 0.6) is 0 Å². The molecule has 1 atom stereocenters. The second kappa shape index (κ2) is 5.14. The number of ether oxygens (including phenoxy) is 1. The van der Waals surface area contributed by atoms with Crippen LogP contribution in [0, 0.1) is 12.3 Å². The molecule has 1 heterocycles. The fourth-order valence-electron chi connectivity index (χ4n) is 1.38. The number of rotatable bonds is 5. The van der Waals surface area contributed by atoms with Crippen LogP contribution in [0.3, 0.4) is 0 Å². The quantitative estimate of drug-likeness (QED) is 0.618. The summed E-state index contributed by atoms with van der Waals surface area (Å²) in [5, 5.41) is 2.81. The van der Waals surface area contributed by atoms with Gasteiger partial charge in [0.1, 0.15) is 0 Å². The fraction of sp³-hybridized carbons (Fsp3) is 0.778. The molecule has 1 aliphatic heterocycles. The lowest BCUT2D eigenvalue weighted by Gasteiger charge is -2.04. The Morgan fingerprint density at radius 1 is 1.75 bits per heavy atom. The first-order valence-corrected chi connectivity index (χ1v) is 4.42. The van der Waals surface area contributed by atoms with Gasteiger partial charge in [0.2, 0.25) is 5.91 Å². The van der Waals surface area contributed by atoms with Gasteiger partial charge in [0, 0.05) is 26.7 Å². The van der Waals surface area contributed by atoms with Crippen LogP contribution >= 0.6 is 0 Å². The second-order valence-corrected chi connectivity index (χ2v) is 3.14. The van der Waals surface area contributed by atoms with Crippen LogP contribution in [0.2, 0.25) is 0 Å². The number of amides is 1. The highest BCUT2D eigenvalue weighted by Crippen LogP contribution is 2.14. The molecule has 1 N–H and O–H groups in total. The smallest absolute Gasteiger partial charge is 0.220 e. The van der Waals surface area contributed by atoms with Crippen molar-refractivity contribution in [2.24, 2.45) is 5.92 Å². The molecule has 1 radical (unpaired) electrons. The lowest BCUT2D eigenvalue weighted by molar-refractivity contribution is -0.119. The van der Waals surface area contributed by atoms with E-state index in [-0.39, 0.29) is 5.91 Å². The van der Waals surface area contributed by atoms with Crippen molar-refractivity contribution in [3.8, 4) is 0 Å². The average molecular weight is 170 g/mol. The largest absolute Gasteiger partial charge is 0.385 e. The van der Waals surface area contributed by atoms with Gasteiger partial charge < -0.3 is 10.1 Å². The van der Waals surface area contributed by atoms with E-state index < -0.39 is 0 Å². The third-order valence-electron chi connectivity index (χ3n) is 2.06. The van der Waals surface area contributed by atoms with E-state index >= 15 is 0 Å². The predicted octanol–water partition coefficient (Wildman–Crippen LogP) is 0.753. The number of nitrogens with one attached hydrogen (secondary N) is 1. The Hall–Kier alpha value is -0.570. The third-order valence-corrected chi connectivity index (χ3v) is 2.06. The van der Waals surface area contributed by atoms with Gasteiger partial charge in [-0.05, 0) is 25.2 Å². The van der Waals surface area contributed by atoms with Crippen LogP contribution < -0.4 is 5.32 Å². The van der Waals surface area contributed by atoms with Gasteiger partial charge in [0.25, 0.3) is 0 Å². The van der Waals surface area contributed by atoms with Crippen LogP contribution in [0.4, 0.5) is 0 Å². The Kier molecular flexibility index (Phi) is 4.08. The van der Waals surface area contributed by atoms with Crippen LogP contribution in [0.15, 0.2) is 0 Å². The van der Waals surface area contributed by atoms with E-state index in [2.05, 4.69) is 11.7 Å². The van der Waals surface area contributed by atoms with E-state index in [1.165, 1.54) is 0 Å². The molecule has 12 heavy (non-hydrogen) atoms. The van der Waals surface area contributed by atoms with Crippen molar-refractivity contribution in [3.63, 3.8) is 0 Å². The van der Waals surface area contributed by atoms with Crippen molar-refractivity contribution in [2.45, 2.75) is 19.3 Å². The lowest BCUT2D eigenvalue weighted by Crippen LogP contribution is -2.13. The molecular weight excluding hydrogens is 154 g/mol. The third kappa shape index (κ3) is 3.22. The number of unbranched alkanes of at least 4 members (excludes halogenated alkanes) is 1. The molecule has 0 aliphatic carbocycles. The predicted molar refractivity (Wildman–Crippen MR) is 46.5 cm³/mol. The zero-order chi connectivity index (χ0) is 8.81. The van der Waals surface area contributed by atoms with Gasteiger partial charge in [0.05, 0.1) is 0 Å². The Balaban J connectivity index is 1.97. The molecule has 0 bridgehead atoms. The SMILES string of the molecule is COCCC[CH]C1CNC(=O)C1. The molecule has 1 rings (SSSR count). The Labute approximate surface area is 73.5 Å². The van der Waals surface area contributed by atoms with Gasteiger partial charge in [0.15, 0.2) is 0 Å². The summed E-state index contributed by atoms with van der Waals surface area (Å²) in [4.78, 5) is 10.8. The van der Waals surface area contributed by atoms with E-state index in [0.717, 1.165) is 26.0 Å². The molecule has 0 aromatic rings. The minimum absolute atomic E-state index is 0.183. The number of methoxy groups -OCH3 is 1. The summed E-state index contributed by atoms with van der Waals surface area (Å²) in [5.74, 6) is 0.636. The van der Waals surface area contributed by atoms with Gasteiger partial charge in [-0.25, -0.2) is 0 Å². The molecule has 1 saturated heterocycles. The zero-order valence-electron chi connectivity index (χ0n) is 7.51. The minimum Gasteiger partial charge on any atom is -0.385 e. The number of hydrogen-bond donors (Lipinski definition) is 1. The molecule has 1 amide bonds. The summed E-state index contributed by atoms with van der Waals surface area (Å²) in [5.41, 5.74) is 0. The second-order valence-electron chi connectivity index (χ2n) is 3.14. The molecule has 3 heteroatoms. The summed E-state index contributed by atoms with van der Waals surface area (Å²) in [6.07, 6.45) is 5.00. The van der Waals surface area contributed by atoms with E-state index in [9.17, 15) is 4.79 Å². The molecule has 0 spiro atoms. The maximum Gasteiger partial charge on any atom is 0.220 e. The van der Waals surface area contributed by atoms with Crippen molar-refractivity contribution in [2.75, 3.05) is 20.3 Å². The van der Waals surface area contributed by atoms with Crippen molar-refractivity contribution >= 4 is 5.91 Å². The standard InChI is InChI=1S/C9H16NO2/c1-12-5-3-2-4-8-6-9(11)10-7-8/h4,8H,2-3,5-7H2,1H3,(H,10,11). The van der Waals surface area contributed by atoms with Crippen molar-refractivity contribution in [1.82, 2.24) is 5.32 Å². The Morgan fingerprint density at radius 3 is 3.17 bits per heavy atom. The molecule has 69 valence electrons. The van der Waals surface area contributed by atoms with Gasteiger partial charge >= 0.3 is 0 Å². The van der Waals surface area contributed by atoms with E-state index in [4.69, 9.17) is 4.74 Å². The van der Waals surface area contributed by atoms with Gasteiger partial charge in [-0.2, -0.15) is 0 Å². The molecule has 3 nitrogen and oxygen atoms in total. The Bertz CT molecular complexity index is 147. The summed E-state index contributed by atoms with van der Waals surface area (Å²) in [6, 6.07) is 0. The maximum absolute atomic E-state index is 10.8. The first-order chi connectivity index (χ1) is 5.83. The fourth-order valence-corrected chi connectivity index (χ4v) is 1.38. The topological polar surface area (TPSA) is 38.3 Å². The van der Waals surface area contributed by atoms with E-state index in [1.54, 1.807) is 7.11 Å². The molecule has 1 unspecified atom stereocenters. The molecule has 0 saturated carbocycles. The van der Waals surface area contributed by atoms with Crippen LogP contribution in [-0.4, -0.2) is 26.2 Å². The summed E-state index contributed by atoms with van der Waals surface area (Å²) >= 11 is 0. The minimum atomic E-state index is 0.183. The van der Waals surface area contributed by atoms with Crippen LogP contribution in [0.1, 0.15) is 19.3 Å². The van der Waals surface area contributed by atoms with Crippen LogP contribution in [0.25, 0.3) is 0 Å². The highest BCUT2D eigenvalue weighted by molar-refractivity contribution is 5.78. The van der Waals surface area contributed by atoms with E-state index in [1.807, 2.05) is 0 Å².